The molecule has 1 fully saturated rings. The number of piperidine rings is 1. The Balaban J connectivity index is 1.90. The van der Waals surface area contributed by atoms with Crippen LogP contribution in [0.5, 0.6) is 0 Å². The second kappa shape index (κ2) is 9.31. The molecule has 9 nitrogen and oxygen atoms in total. The molecule has 0 atom stereocenters. The highest BCUT2D eigenvalue weighted by Crippen LogP contribution is 2.38. The molecule has 1 aromatic carbocycles. The van der Waals surface area contributed by atoms with Crippen molar-refractivity contribution in [1.82, 2.24) is 9.97 Å². The number of benzene rings is 1. The molecular weight excluding hydrogens is 374 g/mol. The van der Waals surface area contributed by atoms with Crippen molar-refractivity contribution in [2.45, 2.75) is 26.7 Å². The third-order valence-corrected chi connectivity index (χ3v) is 5.02. The van der Waals surface area contributed by atoms with Gasteiger partial charge in [-0.2, -0.15) is 0 Å². The van der Waals surface area contributed by atoms with Gasteiger partial charge in [-0.1, -0.05) is 18.2 Å². The molecule has 0 bridgehead atoms. The maximum absolute atomic E-state index is 12.0. The minimum atomic E-state index is -0.423. The van der Waals surface area contributed by atoms with Crippen molar-refractivity contribution in [2.24, 2.45) is 5.92 Å². The van der Waals surface area contributed by atoms with Crippen molar-refractivity contribution >= 4 is 29.0 Å². The number of nitrogens with zero attached hydrogens (tertiary/aromatic N) is 5. The summed E-state index contributed by atoms with van der Waals surface area (Å²) < 4.78 is 5.10. The average molecular weight is 399 g/mol. The number of carbonyl (C=O) groups excluding carboxylic acids is 1. The van der Waals surface area contributed by atoms with Crippen molar-refractivity contribution in [3.63, 3.8) is 0 Å². The van der Waals surface area contributed by atoms with Crippen LogP contribution in [0.2, 0.25) is 0 Å². The maximum atomic E-state index is 12.0. The van der Waals surface area contributed by atoms with Crippen LogP contribution in [0.25, 0.3) is 0 Å². The predicted molar refractivity (Wildman–Crippen MR) is 109 cm³/mol. The molecule has 0 unspecified atom stereocenters. The van der Waals surface area contributed by atoms with Crippen LogP contribution in [0, 0.1) is 16.0 Å². The van der Waals surface area contributed by atoms with E-state index in [1.807, 2.05) is 42.2 Å². The number of para-hydroxylation sites is 1. The summed E-state index contributed by atoms with van der Waals surface area (Å²) in [5, 5.41) is 12.0. The molecule has 29 heavy (non-hydrogen) atoms. The highest BCUT2D eigenvalue weighted by molar-refractivity contribution is 5.77. The highest BCUT2D eigenvalue weighted by atomic mass is 16.6. The first-order chi connectivity index (χ1) is 14.1. The Labute approximate surface area is 169 Å². The normalized spacial score (nSPS) is 14.5. The average Bonchev–Trinajstić information content (AvgIpc) is 2.75. The summed E-state index contributed by atoms with van der Waals surface area (Å²) in [4.78, 5) is 35.7. The minimum absolute atomic E-state index is 0.118. The Morgan fingerprint density at radius 3 is 2.52 bits per heavy atom. The van der Waals surface area contributed by atoms with Crippen molar-refractivity contribution in [3.8, 4) is 0 Å². The van der Waals surface area contributed by atoms with E-state index in [0.717, 1.165) is 5.69 Å². The van der Waals surface area contributed by atoms with E-state index >= 15 is 0 Å². The van der Waals surface area contributed by atoms with E-state index in [9.17, 15) is 14.9 Å². The molecule has 0 aliphatic carbocycles. The maximum Gasteiger partial charge on any atom is 0.353 e. The second-order valence-electron chi connectivity index (χ2n) is 6.72. The first-order valence-corrected chi connectivity index (χ1v) is 9.80. The molecule has 1 saturated heterocycles. The standard InChI is InChI=1S/C20H25N5O4/c1-3-24(16-8-6-5-7-9-16)19-17(25(27)28)18(21-14-22-19)23-12-10-15(11-13-23)20(26)29-4-2/h5-9,14-15H,3-4,10-13H2,1-2H3. The zero-order valence-electron chi connectivity index (χ0n) is 16.7. The fourth-order valence-corrected chi connectivity index (χ4v) is 3.60. The molecule has 3 rings (SSSR count). The molecule has 1 aliphatic rings. The largest absolute Gasteiger partial charge is 0.466 e. The van der Waals surface area contributed by atoms with E-state index in [1.54, 1.807) is 11.8 Å². The van der Waals surface area contributed by atoms with E-state index in [-0.39, 0.29) is 29.2 Å². The summed E-state index contributed by atoms with van der Waals surface area (Å²) in [5.41, 5.74) is 0.705. The number of nitro groups is 1. The second-order valence-corrected chi connectivity index (χ2v) is 6.72. The smallest absolute Gasteiger partial charge is 0.353 e. The monoisotopic (exact) mass is 399 g/mol. The van der Waals surface area contributed by atoms with Crippen LogP contribution >= 0.6 is 0 Å². The van der Waals surface area contributed by atoms with Crippen LogP contribution in [-0.4, -0.2) is 47.1 Å². The van der Waals surface area contributed by atoms with Gasteiger partial charge in [-0.25, -0.2) is 9.97 Å². The number of hydrogen-bond acceptors (Lipinski definition) is 8. The number of anilines is 3. The predicted octanol–water partition coefficient (Wildman–Crippen LogP) is 3.32. The molecular formula is C20H25N5O4. The molecule has 0 radical (unpaired) electrons. The van der Waals surface area contributed by atoms with Crippen LogP contribution in [0.1, 0.15) is 26.7 Å². The van der Waals surface area contributed by atoms with E-state index < -0.39 is 4.92 Å². The number of ether oxygens (including phenoxy) is 1. The summed E-state index contributed by atoms with van der Waals surface area (Å²) in [5.74, 6) is 0.173. The van der Waals surface area contributed by atoms with Gasteiger partial charge in [0, 0.05) is 25.3 Å². The lowest BCUT2D eigenvalue weighted by Crippen LogP contribution is -2.38. The van der Waals surface area contributed by atoms with Gasteiger partial charge in [0.2, 0.25) is 11.6 Å². The van der Waals surface area contributed by atoms with E-state index in [4.69, 9.17) is 4.74 Å². The lowest BCUT2D eigenvalue weighted by atomic mass is 9.97. The fourth-order valence-electron chi connectivity index (χ4n) is 3.60. The van der Waals surface area contributed by atoms with Gasteiger partial charge in [-0.15, -0.1) is 0 Å². The highest BCUT2D eigenvalue weighted by Gasteiger charge is 2.33. The zero-order valence-corrected chi connectivity index (χ0v) is 16.7. The summed E-state index contributed by atoms with van der Waals surface area (Å²) in [6.07, 6.45) is 2.51. The Bertz CT molecular complexity index is 853. The van der Waals surface area contributed by atoms with Gasteiger partial charge in [0.05, 0.1) is 17.4 Å². The van der Waals surface area contributed by atoms with Crippen LogP contribution < -0.4 is 9.80 Å². The molecule has 0 spiro atoms. The molecule has 0 N–H and O–H groups in total. The Kier molecular flexibility index (Phi) is 6.58. The molecule has 154 valence electrons. The van der Waals surface area contributed by atoms with Crippen LogP contribution in [0.15, 0.2) is 36.7 Å². The van der Waals surface area contributed by atoms with Gasteiger partial charge >= 0.3 is 11.7 Å². The molecule has 2 aromatic rings. The van der Waals surface area contributed by atoms with Gasteiger partial charge in [-0.3, -0.25) is 14.9 Å². The number of rotatable bonds is 7. The van der Waals surface area contributed by atoms with Crippen LogP contribution in [0.3, 0.4) is 0 Å². The van der Waals surface area contributed by atoms with Crippen molar-refractivity contribution in [3.05, 3.63) is 46.8 Å². The van der Waals surface area contributed by atoms with E-state index in [1.165, 1.54) is 6.33 Å². The number of hydrogen-bond donors (Lipinski definition) is 0. The summed E-state index contributed by atoms with van der Waals surface area (Å²) >= 11 is 0. The first-order valence-electron chi connectivity index (χ1n) is 9.80. The molecule has 2 heterocycles. The molecule has 1 aliphatic heterocycles. The molecule has 0 saturated carbocycles. The lowest BCUT2D eigenvalue weighted by molar-refractivity contribution is -0.383. The third-order valence-electron chi connectivity index (χ3n) is 5.02. The van der Waals surface area contributed by atoms with Gasteiger partial charge in [-0.05, 0) is 38.8 Å². The lowest BCUT2D eigenvalue weighted by Gasteiger charge is -2.32. The van der Waals surface area contributed by atoms with Gasteiger partial charge in [0.25, 0.3) is 0 Å². The Morgan fingerprint density at radius 1 is 1.24 bits per heavy atom. The summed E-state index contributed by atoms with van der Waals surface area (Å²) in [7, 11) is 0. The third kappa shape index (κ3) is 4.44. The number of carbonyl (C=O) groups is 1. The quantitative estimate of drug-likeness (QED) is 0.397. The Morgan fingerprint density at radius 2 is 1.93 bits per heavy atom. The van der Waals surface area contributed by atoms with E-state index in [2.05, 4.69) is 9.97 Å². The molecule has 1 aromatic heterocycles. The SMILES string of the molecule is CCOC(=O)C1CCN(c2ncnc(N(CC)c3ccccc3)c2[N+](=O)[O-])CC1. The summed E-state index contributed by atoms with van der Waals surface area (Å²) in [6.45, 7) is 5.57. The first kappa shape index (κ1) is 20.5. The van der Waals surface area contributed by atoms with Crippen molar-refractivity contribution < 1.29 is 14.5 Å². The molecule has 9 heteroatoms. The van der Waals surface area contributed by atoms with Gasteiger partial charge in [0.15, 0.2) is 0 Å². The number of aromatic nitrogens is 2. The number of esters is 1. The fraction of sp³-hybridized carbons (Fsp3) is 0.450. The zero-order chi connectivity index (χ0) is 20.8. The molecule has 0 amide bonds. The van der Waals surface area contributed by atoms with Crippen LogP contribution in [-0.2, 0) is 9.53 Å². The van der Waals surface area contributed by atoms with E-state index in [0.29, 0.717) is 39.1 Å². The van der Waals surface area contributed by atoms with Crippen LogP contribution in [0.4, 0.5) is 23.0 Å². The van der Waals surface area contributed by atoms with Gasteiger partial charge in [0.1, 0.15) is 6.33 Å². The Hall–Kier alpha value is -3.23. The van der Waals surface area contributed by atoms with Crippen molar-refractivity contribution in [2.75, 3.05) is 36.0 Å². The van der Waals surface area contributed by atoms with Crippen molar-refractivity contribution in [1.29, 1.82) is 0 Å². The van der Waals surface area contributed by atoms with Gasteiger partial charge < -0.3 is 14.5 Å². The summed E-state index contributed by atoms with van der Waals surface area (Å²) in [6, 6.07) is 9.43. The topological polar surface area (TPSA) is 102 Å². The minimum Gasteiger partial charge on any atom is -0.466 e.